The average Bonchev–Trinajstić information content (AvgIpc) is 2.83. The summed E-state index contributed by atoms with van der Waals surface area (Å²) in [6.45, 7) is 0.359. The highest BCUT2D eigenvalue weighted by atomic mass is 32.2. The lowest BCUT2D eigenvalue weighted by Crippen LogP contribution is -2.43. The molecule has 1 saturated heterocycles. The molecule has 0 spiro atoms. The number of nitrogens with one attached hydrogen (secondary N) is 1. The summed E-state index contributed by atoms with van der Waals surface area (Å²) in [6.07, 6.45) is -5.35. The second-order valence-corrected chi connectivity index (χ2v) is 6.28. The third-order valence-electron chi connectivity index (χ3n) is 2.99. The number of sulfonamides is 1. The smallest absolute Gasteiger partial charge is 0.406 e. The minimum absolute atomic E-state index is 0.122. The lowest BCUT2D eigenvalue weighted by atomic mass is 10.2. The molecule has 0 unspecified atom stereocenters. The number of alkyl halides is 3. The van der Waals surface area contributed by atoms with Crippen LogP contribution < -0.4 is 9.46 Å². The zero-order chi connectivity index (χ0) is 16.4. The molecular formula is C12H14F3NO5S. The number of ether oxygens (including phenoxy) is 3. The fourth-order valence-electron chi connectivity index (χ4n) is 1.98. The molecule has 6 nitrogen and oxygen atoms in total. The molecule has 1 aromatic rings. The highest BCUT2D eigenvalue weighted by Crippen LogP contribution is 2.25. The van der Waals surface area contributed by atoms with Gasteiger partial charge in [-0.15, -0.1) is 13.2 Å². The predicted molar refractivity (Wildman–Crippen MR) is 68.9 cm³/mol. The zero-order valence-electron chi connectivity index (χ0n) is 11.5. The van der Waals surface area contributed by atoms with Gasteiger partial charge in [0.25, 0.3) is 0 Å². The average molecular weight is 341 g/mol. The topological polar surface area (TPSA) is 73.9 Å². The molecule has 0 aliphatic carbocycles. The van der Waals surface area contributed by atoms with Crippen LogP contribution >= 0.6 is 0 Å². The van der Waals surface area contributed by atoms with Crippen LogP contribution in [0.15, 0.2) is 29.2 Å². The Morgan fingerprint density at radius 2 is 2.05 bits per heavy atom. The van der Waals surface area contributed by atoms with Gasteiger partial charge in [-0.3, -0.25) is 0 Å². The van der Waals surface area contributed by atoms with Crippen LogP contribution in [0, 0.1) is 0 Å². The maximum absolute atomic E-state index is 12.2. The molecular weight excluding hydrogens is 327 g/mol. The first kappa shape index (κ1) is 17.0. The molecule has 0 bridgehead atoms. The van der Waals surface area contributed by atoms with Gasteiger partial charge in [-0.1, -0.05) is 6.07 Å². The molecule has 2 atom stereocenters. The monoisotopic (exact) mass is 341 g/mol. The lowest BCUT2D eigenvalue weighted by Gasteiger charge is -2.18. The number of benzene rings is 1. The standard InChI is InChI=1S/C12H14F3NO5S/c1-19-11-7-20-6-10(11)16-22(17,18)9-4-2-3-8(5-9)21-12(13,14)15/h2-5,10-11,16H,6-7H2,1H3/t10-,11-/m0/s1. The van der Waals surface area contributed by atoms with Crippen molar-refractivity contribution < 1.29 is 35.8 Å². The summed E-state index contributed by atoms with van der Waals surface area (Å²) in [4.78, 5) is -0.337. The van der Waals surface area contributed by atoms with E-state index in [1.165, 1.54) is 13.2 Å². The van der Waals surface area contributed by atoms with Crippen molar-refractivity contribution in [3.63, 3.8) is 0 Å². The molecule has 1 aliphatic rings. The third kappa shape index (κ3) is 4.32. The Morgan fingerprint density at radius 1 is 1.32 bits per heavy atom. The summed E-state index contributed by atoms with van der Waals surface area (Å²) < 4.78 is 77.2. The van der Waals surface area contributed by atoms with Crippen molar-refractivity contribution in [2.45, 2.75) is 23.4 Å². The summed E-state index contributed by atoms with van der Waals surface area (Å²) in [5.74, 6) is -0.610. The van der Waals surface area contributed by atoms with Crippen LogP contribution in [0.5, 0.6) is 5.75 Å². The first-order valence-corrected chi connectivity index (χ1v) is 7.68. The first-order chi connectivity index (χ1) is 10.2. The molecule has 0 aromatic heterocycles. The summed E-state index contributed by atoms with van der Waals surface area (Å²) in [6, 6.07) is 3.54. The fourth-order valence-corrected chi connectivity index (χ4v) is 3.27. The Hall–Kier alpha value is -1.36. The van der Waals surface area contributed by atoms with Crippen LogP contribution in [0.1, 0.15) is 0 Å². The molecule has 0 saturated carbocycles. The molecule has 1 fully saturated rings. The van der Waals surface area contributed by atoms with E-state index >= 15 is 0 Å². The van der Waals surface area contributed by atoms with Gasteiger partial charge in [0, 0.05) is 13.2 Å². The van der Waals surface area contributed by atoms with Gasteiger partial charge in [0.05, 0.1) is 30.3 Å². The van der Waals surface area contributed by atoms with E-state index in [1.54, 1.807) is 0 Å². The van der Waals surface area contributed by atoms with Crippen molar-refractivity contribution in [3.05, 3.63) is 24.3 Å². The molecule has 10 heteroatoms. The lowest BCUT2D eigenvalue weighted by molar-refractivity contribution is -0.274. The van der Waals surface area contributed by atoms with Crippen LogP contribution in [0.25, 0.3) is 0 Å². The summed E-state index contributed by atoms with van der Waals surface area (Å²) in [5.41, 5.74) is 0. The van der Waals surface area contributed by atoms with Crippen molar-refractivity contribution in [1.29, 1.82) is 0 Å². The highest BCUT2D eigenvalue weighted by Gasteiger charge is 2.34. The minimum atomic E-state index is -4.89. The van der Waals surface area contributed by atoms with E-state index in [9.17, 15) is 21.6 Å². The predicted octanol–water partition coefficient (Wildman–Crippen LogP) is 1.28. The van der Waals surface area contributed by atoms with Crippen molar-refractivity contribution in [1.82, 2.24) is 4.72 Å². The Morgan fingerprint density at radius 3 is 2.68 bits per heavy atom. The van der Waals surface area contributed by atoms with Gasteiger partial charge in [0.2, 0.25) is 10.0 Å². The number of halogens is 3. The van der Waals surface area contributed by atoms with Crippen molar-refractivity contribution in [3.8, 4) is 5.75 Å². The Bertz CT molecular complexity index is 619. The third-order valence-corrected chi connectivity index (χ3v) is 4.47. The van der Waals surface area contributed by atoms with Gasteiger partial charge < -0.3 is 14.2 Å². The number of hydrogen-bond acceptors (Lipinski definition) is 5. The van der Waals surface area contributed by atoms with Gasteiger partial charge in [0.15, 0.2) is 0 Å². The first-order valence-electron chi connectivity index (χ1n) is 6.20. The van der Waals surface area contributed by atoms with Crippen LogP contribution in [-0.4, -0.2) is 47.2 Å². The molecule has 1 aromatic carbocycles. The van der Waals surface area contributed by atoms with Crippen LogP contribution in [0.3, 0.4) is 0 Å². The largest absolute Gasteiger partial charge is 0.573 e. The quantitative estimate of drug-likeness (QED) is 0.873. The summed E-state index contributed by atoms with van der Waals surface area (Å²) in [5, 5.41) is 0. The Kier molecular flexibility index (Phi) is 4.95. The molecule has 22 heavy (non-hydrogen) atoms. The van der Waals surface area contributed by atoms with Crippen molar-refractivity contribution >= 4 is 10.0 Å². The Balaban J connectivity index is 2.17. The van der Waals surface area contributed by atoms with Gasteiger partial charge in [-0.05, 0) is 12.1 Å². The van der Waals surface area contributed by atoms with E-state index < -0.39 is 34.3 Å². The molecule has 1 heterocycles. The Labute approximate surface area is 125 Å². The maximum Gasteiger partial charge on any atom is 0.573 e. The van der Waals surface area contributed by atoms with Crippen LogP contribution in [0.4, 0.5) is 13.2 Å². The minimum Gasteiger partial charge on any atom is -0.406 e. The zero-order valence-corrected chi connectivity index (χ0v) is 12.3. The van der Waals surface area contributed by atoms with Crippen molar-refractivity contribution in [2.24, 2.45) is 0 Å². The van der Waals surface area contributed by atoms with E-state index in [0.29, 0.717) is 0 Å². The van der Waals surface area contributed by atoms with Gasteiger partial charge in [0.1, 0.15) is 5.75 Å². The summed E-state index contributed by atoms with van der Waals surface area (Å²) in [7, 11) is -2.61. The van der Waals surface area contributed by atoms with Gasteiger partial charge in [-0.25, -0.2) is 13.1 Å². The van der Waals surface area contributed by atoms with E-state index in [2.05, 4.69) is 9.46 Å². The molecule has 0 radical (unpaired) electrons. The molecule has 2 rings (SSSR count). The van der Waals surface area contributed by atoms with E-state index in [0.717, 1.165) is 18.2 Å². The van der Waals surface area contributed by atoms with E-state index in [4.69, 9.17) is 9.47 Å². The SMILES string of the molecule is CO[C@H]1COC[C@@H]1NS(=O)(=O)c1cccc(OC(F)(F)F)c1. The van der Waals surface area contributed by atoms with Crippen molar-refractivity contribution in [2.75, 3.05) is 20.3 Å². The van der Waals surface area contributed by atoms with Gasteiger partial charge >= 0.3 is 6.36 Å². The second-order valence-electron chi connectivity index (χ2n) is 4.56. The fraction of sp³-hybridized carbons (Fsp3) is 0.500. The van der Waals surface area contributed by atoms with Crippen LogP contribution in [-0.2, 0) is 19.5 Å². The highest BCUT2D eigenvalue weighted by molar-refractivity contribution is 7.89. The van der Waals surface area contributed by atoms with E-state index in [-0.39, 0.29) is 18.1 Å². The normalized spacial score (nSPS) is 22.7. The molecule has 1 aliphatic heterocycles. The van der Waals surface area contributed by atoms with E-state index in [1.807, 2.05) is 0 Å². The van der Waals surface area contributed by atoms with Gasteiger partial charge in [-0.2, -0.15) is 0 Å². The van der Waals surface area contributed by atoms with Crippen LogP contribution in [0.2, 0.25) is 0 Å². The molecule has 0 amide bonds. The molecule has 124 valence electrons. The maximum atomic E-state index is 12.2. The molecule has 1 N–H and O–H groups in total. The number of methoxy groups -OCH3 is 1. The number of hydrogen-bond donors (Lipinski definition) is 1. The number of rotatable bonds is 5. The summed E-state index contributed by atoms with van der Waals surface area (Å²) >= 11 is 0. The second kappa shape index (κ2) is 6.41.